The van der Waals surface area contributed by atoms with Gasteiger partial charge in [0, 0.05) is 55.2 Å². The van der Waals surface area contributed by atoms with Crippen molar-refractivity contribution in [2.24, 2.45) is 22.7 Å². The van der Waals surface area contributed by atoms with Gasteiger partial charge < -0.3 is 4.74 Å². The smallest absolute Gasteiger partial charge is 0.0906 e. The number of fused-ring (bicyclic) bond motifs is 26. The van der Waals surface area contributed by atoms with E-state index in [4.69, 9.17) is 4.74 Å². The third-order valence-corrected chi connectivity index (χ3v) is 20.5. The molecule has 270 valence electrons. The van der Waals surface area contributed by atoms with E-state index in [1.807, 2.05) is 0 Å². The van der Waals surface area contributed by atoms with Gasteiger partial charge in [-0.2, -0.15) is 0 Å². The van der Waals surface area contributed by atoms with Crippen molar-refractivity contribution in [2.75, 3.05) is 0 Å². The first-order valence-electron chi connectivity index (χ1n) is 21.0. The highest BCUT2D eigenvalue weighted by Crippen LogP contribution is 2.86. The van der Waals surface area contributed by atoms with Crippen LogP contribution in [0.5, 0.6) is 0 Å². The minimum absolute atomic E-state index is 0.0450. The number of hydrogen-bond donors (Lipinski definition) is 0. The molecule has 2 fully saturated rings. The van der Waals surface area contributed by atoms with Gasteiger partial charge in [-0.25, -0.2) is 0 Å². The van der Waals surface area contributed by atoms with Crippen molar-refractivity contribution in [1.29, 1.82) is 0 Å². The first kappa shape index (κ1) is 30.7. The molecule has 55 heavy (non-hydrogen) atoms. The summed E-state index contributed by atoms with van der Waals surface area (Å²) in [5.74, 6) is 0.654. The van der Waals surface area contributed by atoms with Crippen molar-refractivity contribution in [3.63, 3.8) is 0 Å². The Morgan fingerprint density at radius 1 is 0.345 bits per heavy atom. The second-order valence-electron chi connectivity index (χ2n) is 20.5. The summed E-state index contributed by atoms with van der Waals surface area (Å²) in [4.78, 5) is 0. The van der Waals surface area contributed by atoms with Gasteiger partial charge in [0.25, 0.3) is 0 Å². The number of benzene rings is 5. The Labute approximate surface area is 325 Å². The molecule has 0 aromatic heterocycles. The van der Waals surface area contributed by atoms with Gasteiger partial charge in [0.1, 0.15) is 0 Å². The Hall–Kier alpha value is -4.46. The number of rotatable bonds is 0. The Morgan fingerprint density at radius 2 is 0.600 bits per heavy atom. The van der Waals surface area contributed by atoms with Crippen LogP contribution < -0.4 is 0 Å². The fourth-order valence-electron chi connectivity index (χ4n) is 17.6. The summed E-state index contributed by atoms with van der Waals surface area (Å²) in [5, 5.41) is 0. The zero-order valence-corrected chi connectivity index (χ0v) is 33.3. The van der Waals surface area contributed by atoms with Crippen LogP contribution in [0.15, 0.2) is 132 Å². The summed E-state index contributed by atoms with van der Waals surface area (Å²) in [6.07, 6.45) is 5.66. The van der Waals surface area contributed by atoms with Gasteiger partial charge in [-0.3, -0.25) is 0 Å². The maximum absolute atomic E-state index is 7.33. The first-order valence-corrected chi connectivity index (χ1v) is 21.0. The molecular formula is C54H48O. The lowest BCUT2D eigenvalue weighted by Crippen LogP contribution is -2.51. The van der Waals surface area contributed by atoms with E-state index in [1.165, 1.54) is 66.8 Å². The van der Waals surface area contributed by atoms with Crippen molar-refractivity contribution in [2.45, 2.75) is 100 Å². The SMILES string of the molecule is CC12c3ccccc3[C@@]3(C)c4cc5c(cc4[C@@](C)(c4ccccc41)C23C)[C@H]1O[C@@H]5C2C=C3C(=CC21)[C@@]1(C)c2ccccc2C2(C)c4ccccc4[C@]3(C)C21C. The molecule has 1 heteroatoms. The molecule has 1 saturated carbocycles. The molecular weight excluding hydrogens is 665 g/mol. The maximum atomic E-state index is 7.33. The van der Waals surface area contributed by atoms with E-state index in [0.29, 0.717) is 11.8 Å². The summed E-state index contributed by atoms with van der Waals surface area (Å²) in [7, 11) is 0. The predicted octanol–water partition coefficient (Wildman–Crippen LogP) is 11.7. The van der Waals surface area contributed by atoms with Crippen molar-refractivity contribution >= 4 is 0 Å². The molecule has 2 aliphatic heterocycles. The van der Waals surface area contributed by atoms with E-state index in [9.17, 15) is 0 Å². The van der Waals surface area contributed by atoms with Crippen LogP contribution in [0.4, 0.5) is 0 Å². The summed E-state index contributed by atoms with van der Waals surface area (Å²) in [6.45, 7) is 20.9. The van der Waals surface area contributed by atoms with Crippen molar-refractivity contribution in [3.05, 3.63) is 199 Å². The fourth-order valence-corrected chi connectivity index (χ4v) is 17.6. The van der Waals surface area contributed by atoms with Crippen LogP contribution in [0.25, 0.3) is 0 Å². The monoisotopic (exact) mass is 712 g/mol. The molecule has 1 saturated heterocycles. The van der Waals surface area contributed by atoms with Gasteiger partial charge in [0.05, 0.1) is 12.2 Å². The van der Waals surface area contributed by atoms with Crippen molar-refractivity contribution < 1.29 is 4.74 Å². The highest BCUT2D eigenvalue weighted by molar-refractivity contribution is 5.80. The average molecular weight is 713 g/mol. The molecule has 0 N–H and O–H groups in total. The summed E-state index contributed by atoms with van der Waals surface area (Å²) in [5.41, 5.74) is 20.5. The highest BCUT2D eigenvalue weighted by atomic mass is 16.5. The van der Waals surface area contributed by atoms with E-state index in [-0.39, 0.29) is 55.5 Å². The van der Waals surface area contributed by atoms with Crippen LogP contribution >= 0.6 is 0 Å². The molecule has 5 aromatic rings. The molecule has 7 aliphatic carbocycles. The predicted molar refractivity (Wildman–Crippen MR) is 219 cm³/mol. The molecule has 12 atom stereocenters. The largest absolute Gasteiger partial charge is 0.364 e. The number of hydrogen-bond acceptors (Lipinski definition) is 1. The molecule has 2 heterocycles. The Morgan fingerprint density at radius 3 is 0.909 bits per heavy atom. The van der Waals surface area contributed by atoms with E-state index >= 15 is 0 Å². The molecule has 1 nitrogen and oxygen atoms in total. The van der Waals surface area contributed by atoms with E-state index < -0.39 is 0 Å². The minimum Gasteiger partial charge on any atom is -0.364 e. The van der Waals surface area contributed by atoms with Crippen LogP contribution in [0.3, 0.4) is 0 Å². The lowest BCUT2D eigenvalue weighted by atomic mass is 9.52. The molecule has 14 rings (SSSR count). The lowest BCUT2D eigenvalue weighted by Gasteiger charge is -2.49. The third kappa shape index (κ3) is 2.37. The lowest BCUT2D eigenvalue weighted by molar-refractivity contribution is 0.0594. The van der Waals surface area contributed by atoms with Gasteiger partial charge in [-0.1, -0.05) is 177 Å². The molecule has 5 aromatic carbocycles. The van der Waals surface area contributed by atoms with Gasteiger partial charge in [-0.15, -0.1) is 0 Å². The van der Waals surface area contributed by atoms with Crippen molar-refractivity contribution in [1.82, 2.24) is 0 Å². The molecule has 0 radical (unpaired) electrons. The molecule has 9 aliphatic rings. The minimum atomic E-state index is -0.138. The Balaban J connectivity index is 1.01. The van der Waals surface area contributed by atoms with Crippen LogP contribution in [-0.2, 0) is 37.2 Å². The van der Waals surface area contributed by atoms with Crippen LogP contribution in [0.1, 0.15) is 134 Å². The first-order chi connectivity index (χ1) is 26.3. The van der Waals surface area contributed by atoms with Crippen LogP contribution in [-0.4, -0.2) is 0 Å². The highest BCUT2D eigenvalue weighted by Gasteiger charge is 2.82. The maximum Gasteiger partial charge on any atom is 0.0906 e. The zero-order chi connectivity index (χ0) is 37.2. The Kier molecular flexibility index (Phi) is 4.64. The van der Waals surface area contributed by atoms with Crippen LogP contribution in [0, 0.1) is 22.7 Å². The van der Waals surface area contributed by atoms with Gasteiger partial charge >= 0.3 is 0 Å². The quantitative estimate of drug-likeness (QED) is 0.155. The molecule has 6 unspecified atom stereocenters. The van der Waals surface area contributed by atoms with Gasteiger partial charge in [0.2, 0.25) is 0 Å². The second kappa shape index (κ2) is 8.31. The normalized spacial score (nSPS) is 45.1. The van der Waals surface area contributed by atoms with Gasteiger partial charge in [0.15, 0.2) is 0 Å². The average Bonchev–Trinajstić information content (AvgIpc) is 3.99. The van der Waals surface area contributed by atoms with Gasteiger partial charge in [-0.05, 0) is 77.9 Å². The van der Waals surface area contributed by atoms with Crippen LogP contribution in [0.2, 0.25) is 0 Å². The molecule has 0 amide bonds. The van der Waals surface area contributed by atoms with E-state index in [1.54, 1.807) is 11.1 Å². The zero-order valence-electron chi connectivity index (χ0n) is 33.3. The second-order valence-corrected chi connectivity index (χ2v) is 20.5. The summed E-state index contributed by atoms with van der Waals surface area (Å²) < 4.78 is 7.33. The third-order valence-electron chi connectivity index (χ3n) is 20.5. The summed E-state index contributed by atoms with van der Waals surface area (Å²) in [6, 6.07) is 43.2. The Bertz CT molecular complexity index is 2640. The van der Waals surface area contributed by atoms with Crippen molar-refractivity contribution in [3.8, 4) is 0 Å². The fraction of sp³-hybridized carbons (Fsp3) is 0.370. The standard InChI is InChI=1S/C54H48O/c1-47-33-17-9-13-21-37(33)49(3)41-25-29-30(26-42(41)50(4,53(47,49)7)38-22-14-10-18-34(38)47)46-32-28-44-43(27-31(32)45(29)55-46)51(5)39-23-15-11-19-35(39)48(2)36-20-12-16-24-40(36)52(44,6)54(48,51)8/h9-30,45-46H,1-8H3/t29?,30?,45-,46+,47?,48?,49+,50-,51+,52-,53?,54?. The summed E-state index contributed by atoms with van der Waals surface area (Å²) >= 11 is 0. The number of ether oxygens (including phenoxy) is 1. The molecule has 2 bridgehead atoms. The van der Waals surface area contributed by atoms with E-state index in [2.05, 4.69) is 177 Å². The number of allylic oxidation sites excluding steroid dienone is 2. The topological polar surface area (TPSA) is 9.23 Å². The van der Waals surface area contributed by atoms with E-state index in [0.717, 1.165) is 0 Å². The molecule has 0 spiro atoms.